The molecule has 2 aromatic heterocycles. The van der Waals surface area contributed by atoms with Crippen LogP contribution in [0.2, 0.25) is 0 Å². The van der Waals surface area contributed by atoms with Gasteiger partial charge in [-0.1, -0.05) is 12.1 Å². The van der Waals surface area contributed by atoms with Crippen LogP contribution < -0.4 is 10.6 Å². The molecule has 146 valence electrons. The van der Waals surface area contributed by atoms with E-state index in [1.165, 1.54) is 0 Å². The van der Waals surface area contributed by atoms with Crippen molar-refractivity contribution in [2.45, 2.75) is 39.3 Å². The van der Waals surface area contributed by atoms with E-state index in [1.807, 2.05) is 35.7 Å². The maximum Gasteiger partial charge on any atom is 0.412 e. The lowest BCUT2D eigenvalue weighted by Crippen LogP contribution is -2.28. The number of amides is 2. The number of nitrogens with zero attached hydrogens (tertiary/aromatic N) is 3. The van der Waals surface area contributed by atoms with Crippen LogP contribution in [0.5, 0.6) is 0 Å². The number of carbonyl (C=O) groups excluding carboxylic acids is 2. The molecule has 0 saturated carbocycles. The molecule has 2 N–H and O–H groups in total. The van der Waals surface area contributed by atoms with Crippen LogP contribution in [0.15, 0.2) is 48.7 Å². The van der Waals surface area contributed by atoms with E-state index in [9.17, 15) is 9.59 Å². The number of pyridine rings is 1. The molecule has 0 radical (unpaired) electrons. The number of benzene rings is 1. The average Bonchev–Trinajstić information content (AvgIpc) is 3.04. The van der Waals surface area contributed by atoms with Crippen molar-refractivity contribution in [2.75, 3.05) is 5.32 Å². The van der Waals surface area contributed by atoms with Gasteiger partial charge in [-0.3, -0.25) is 14.5 Å². The summed E-state index contributed by atoms with van der Waals surface area (Å²) >= 11 is 0. The number of rotatable bonds is 4. The largest absolute Gasteiger partial charge is 0.444 e. The van der Waals surface area contributed by atoms with Gasteiger partial charge < -0.3 is 10.1 Å². The molecule has 3 rings (SSSR count). The number of anilines is 1. The van der Waals surface area contributed by atoms with Gasteiger partial charge >= 0.3 is 6.09 Å². The average molecular weight is 381 g/mol. The molecule has 28 heavy (non-hydrogen) atoms. The van der Waals surface area contributed by atoms with E-state index in [1.54, 1.807) is 45.0 Å². The van der Waals surface area contributed by atoms with Crippen LogP contribution in [0.1, 0.15) is 49.9 Å². The van der Waals surface area contributed by atoms with Crippen molar-refractivity contribution in [1.82, 2.24) is 19.9 Å². The zero-order valence-corrected chi connectivity index (χ0v) is 16.3. The second-order valence-corrected chi connectivity index (χ2v) is 7.39. The standard InChI is InChI=1S/C20H23N5O3/c1-13(17-24-23-16-10-5-6-11-25(16)17)21-18(26)14-8-7-9-15(12-14)22-19(27)28-20(2,3)4/h5-13H,1-4H3,(H,21,26)(H,22,27). The lowest BCUT2D eigenvalue weighted by Gasteiger charge is -2.19. The highest BCUT2D eigenvalue weighted by Gasteiger charge is 2.18. The molecule has 1 atom stereocenters. The summed E-state index contributed by atoms with van der Waals surface area (Å²) in [6.45, 7) is 7.19. The van der Waals surface area contributed by atoms with Crippen LogP contribution in [0.4, 0.5) is 10.5 Å². The van der Waals surface area contributed by atoms with Gasteiger partial charge in [0.05, 0.1) is 6.04 Å². The fraction of sp³-hybridized carbons (Fsp3) is 0.300. The predicted molar refractivity (Wildman–Crippen MR) is 105 cm³/mol. The number of nitrogens with one attached hydrogen (secondary N) is 2. The Morgan fingerprint density at radius 1 is 1.11 bits per heavy atom. The van der Waals surface area contributed by atoms with Gasteiger partial charge in [-0.15, -0.1) is 10.2 Å². The van der Waals surface area contributed by atoms with Gasteiger partial charge in [0.25, 0.3) is 5.91 Å². The fourth-order valence-electron chi connectivity index (χ4n) is 2.66. The quantitative estimate of drug-likeness (QED) is 0.720. The van der Waals surface area contributed by atoms with E-state index in [4.69, 9.17) is 4.74 Å². The SMILES string of the molecule is CC(NC(=O)c1cccc(NC(=O)OC(C)(C)C)c1)c1nnc2ccccn12. The molecule has 2 heterocycles. The van der Waals surface area contributed by atoms with Gasteiger partial charge in [-0.05, 0) is 58.0 Å². The number of hydrogen-bond acceptors (Lipinski definition) is 5. The summed E-state index contributed by atoms with van der Waals surface area (Å²) in [5.41, 5.74) is 0.995. The summed E-state index contributed by atoms with van der Waals surface area (Å²) in [6.07, 6.45) is 1.27. The minimum absolute atomic E-state index is 0.284. The molecule has 0 aliphatic heterocycles. The first-order valence-electron chi connectivity index (χ1n) is 8.93. The third-order valence-corrected chi connectivity index (χ3v) is 3.85. The molecule has 0 fully saturated rings. The molecular weight excluding hydrogens is 358 g/mol. The van der Waals surface area contributed by atoms with Crippen LogP contribution in [0.25, 0.3) is 5.65 Å². The zero-order chi connectivity index (χ0) is 20.3. The molecule has 2 amide bonds. The molecule has 0 spiro atoms. The summed E-state index contributed by atoms with van der Waals surface area (Å²) in [5.74, 6) is 0.347. The van der Waals surface area contributed by atoms with Gasteiger partial charge in [0, 0.05) is 17.4 Å². The van der Waals surface area contributed by atoms with Gasteiger partial charge in [0.2, 0.25) is 0 Å². The van der Waals surface area contributed by atoms with Crippen molar-refractivity contribution in [3.63, 3.8) is 0 Å². The first-order valence-corrected chi connectivity index (χ1v) is 8.93. The van der Waals surface area contributed by atoms with Crippen LogP contribution in [0, 0.1) is 0 Å². The first-order chi connectivity index (χ1) is 13.2. The molecule has 3 aromatic rings. The van der Waals surface area contributed by atoms with Gasteiger partial charge in [0.15, 0.2) is 11.5 Å². The molecular formula is C20H23N5O3. The Balaban J connectivity index is 1.70. The van der Waals surface area contributed by atoms with Crippen molar-refractivity contribution in [2.24, 2.45) is 0 Å². The molecule has 1 unspecified atom stereocenters. The fourth-order valence-corrected chi connectivity index (χ4v) is 2.66. The van der Waals surface area contributed by atoms with Crippen molar-refractivity contribution >= 4 is 23.3 Å². The Labute approximate surface area is 162 Å². The Kier molecular flexibility index (Phi) is 5.30. The summed E-state index contributed by atoms with van der Waals surface area (Å²) in [7, 11) is 0. The highest BCUT2D eigenvalue weighted by molar-refractivity contribution is 5.96. The summed E-state index contributed by atoms with van der Waals surface area (Å²) < 4.78 is 7.05. The number of ether oxygens (including phenoxy) is 1. The van der Waals surface area contributed by atoms with E-state index >= 15 is 0 Å². The molecule has 8 heteroatoms. The van der Waals surface area contributed by atoms with E-state index in [0.717, 1.165) is 0 Å². The van der Waals surface area contributed by atoms with E-state index < -0.39 is 11.7 Å². The smallest absolute Gasteiger partial charge is 0.412 e. The minimum atomic E-state index is -0.602. The van der Waals surface area contributed by atoms with Gasteiger partial charge in [-0.2, -0.15) is 0 Å². The third kappa shape index (κ3) is 4.64. The summed E-state index contributed by atoms with van der Waals surface area (Å²) in [6, 6.07) is 11.9. The Morgan fingerprint density at radius 2 is 1.89 bits per heavy atom. The molecule has 0 aliphatic rings. The maximum absolute atomic E-state index is 12.6. The van der Waals surface area contributed by atoms with E-state index in [2.05, 4.69) is 20.8 Å². The molecule has 0 saturated heterocycles. The van der Waals surface area contributed by atoms with Crippen molar-refractivity contribution in [3.8, 4) is 0 Å². The lowest BCUT2D eigenvalue weighted by molar-refractivity contribution is 0.0635. The van der Waals surface area contributed by atoms with E-state index in [0.29, 0.717) is 22.7 Å². The molecule has 0 aliphatic carbocycles. The van der Waals surface area contributed by atoms with Gasteiger partial charge in [-0.25, -0.2) is 4.79 Å². The highest BCUT2D eigenvalue weighted by Crippen LogP contribution is 2.16. The number of hydrogen-bond donors (Lipinski definition) is 2. The van der Waals surface area contributed by atoms with Crippen molar-refractivity contribution in [3.05, 3.63) is 60.0 Å². The second-order valence-electron chi connectivity index (χ2n) is 7.39. The van der Waals surface area contributed by atoms with E-state index in [-0.39, 0.29) is 11.9 Å². The highest BCUT2D eigenvalue weighted by atomic mass is 16.6. The minimum Gasteiger partial charge on any atom is -0.444 e. The monoisotopic (exact) mass is 381 g/mol. The normalized spacial score (nSPS) is 12.4. The second kappa shape index (κ2) is 7.67. The van der Waals surface area contributed by atoms with Crippen molar-refractivity contribution in [1.29, 1.82) is 0 Å². The van der Waals surface area contributed by atoms with Crippen LogP contribution in [0.3, 0.4) is 0 Å². The number of carbonyl (C=O) groups is 2. The number of fused-ring (bicyclic) bond motifs is 1. The van der Waals surface area contributed by atoms with Crippen LogP contribution in [-0.2, 0) is 4.74 Å². The molecule has 0 bridgehead atoms. The number of aromatic nitrogens is 3. The lowest BCUT2D eigenvalue weighted by atomic mass is 10.1. The van der Waals surface area contributed by atoms with Crippen molar-refractivity contribution < 1.29 is 14.3 Å². The Hall–Kier alpha value is -3.42. The molecule has 8 nitrogen and oxygen atoms in total. The predicted octanol–water partition coefficient (Wildman–Crippen LogP) is 3.57. The summed E-state index contributed by atoms with van der Waals surface area (Å²) in [4.78, 5) is 24.6. The maximum atomic E-state index is 12.6. The zero-order valence-electron chi connectivity index (χ0n) is 16.3. The topological polar surface area (TPSA) is 97.6 Å². The Morgan fingerprint density at radius 3 is 2.64 bits per heavy atom. The summed E-state index contributed by atoms with van der Waals surface area (Å²) in [5, 5.41) is 13.8. The van der Waals surface area contributed by atoms with Crippen LogP contribution in [-0.4, -0.2) is 32.2 Å². The third-order valence-electron chi connectivity index (χ3n) is 3.85. The molecule has 1 aromatic carbocycles. The first kappa shape index (κ1) is 19.3. The van der Waals surface area contributed by atoms with Gasteiger partial charge in [0.1, 0.15) is 5.60 Å². The Bertz CT molecular complexity index is 1010. The van der Waals surface area contributed by atoms with Crippen LogP contribution >= 0.6 is 0 Å².